The minimum absolute atomic E-state index is 0.116. The van der Waals surface area contributed by atoms with E-state index in [1.165, 1.54) is 19.6 Å². The van der Waals surface area contributed by atoms with E-state index in [9.17, 15) is 24.7 Å². The van der Waals surface area contributed by atoms with Gasteiger partial charge in [-0.2, -0.15) is 9.75 Å². The molecular formula is C42H66N4O10. The molecule has 1 aromatic carbocycles. The predicted octanol–water partition coefficient (Wildman–Crippen LogP) is 4.78. The van der Waals surface area contributed by atoms with Crippen LogP contribution in [0.4, 0.5) is 4.79 Å². The lowest BCUT2D eigenvalue weighted by Crippen LogP contribution is -2.61. The number of hydroxylamine groups is 1. The SMILES string of the molecule is CC[C@H]1OC(=O)[C@H](C)C(=O)[C@H](C)[C@@H](O[C@@H]2O[C@H](C)C[C@H](N(C)C)[C@H]2O)[C@](C)(OC)C[C@@H](C)C2=[N+]([O-])CN(CCCCc3ccccc3)N3C(=O)O[C@@]1(C)[C@H]3[C@H]2C. The summed E-state index contributed by atoms with van der Waals surface area (Å²) in [5.74, 6) is -4.33. The molecule has 56 heavy (non-hydrogen) atoms. The number of carbonyl (C=O) groups is 3. The molecule has 314 valence electrons. The van der Waals surface area contributed by atoms with Gasteiger partial charge in [0.2, 0.25) is 6.67 Å². The van der Waals surface area contributed by atoms with Crippen LogP contribution in [0.15, 0.2) is 30.3 Å². The van der Waals surface area contributed by atoms with Crippen LogP contribution in [0, 0.1) is 28.9 Å². The summed E-state index contributed by atoms with van der Waals surface area (Å²) in [6.45, 7) is 14.7. The van der Waals surface area contributed by atoms with Crippen molar-refractivity contribution in [2.75, 3.05) is 34.4 Å². The summed E-state index contributed by atoms with van der Waals surface area (Å²) in [6.07, 6.45) is -1.45. The Morgan fingerprint density at radius 3 is 2.34 bits per heavy atom. The third kappa shape index (κ3) is 8.66. The second-order valence-corrected chi connectivity index (χ2v) is 17.2. The highest BCUT2D eigenvalue weighted by Gasteiger charge is 2.63. The standard InChI is InChI=1S/C42H66N4O10/c1-12-32-42(8)36-27(4)33(45(51)24-44(46(36)40(50)56-42)21-17-16-20-30-18-14-13-15-19-30)25(2)23-41(7,52-11)37(28(5)34(47)29(6)38(49)54-32)55-39-35(48)31(43(9)10)22-26(3)53-39/h13-15,18-19,25-29,31-32,35-37,39,48H,12,16-17,20-24H2,1-11H3/t25-,26-,27+,28+,29-,31+,32-,35-,36-,37-,39+,41-,42-/m1/s1. The zero-order chi connectivity index (χ0) is 41.3. The molecule has 14 nitrogen and oxygen atoms in total. The number of hydrogen-bond donors (Lipinski definition) is 1. The maximum atomic E-state index is 14.6. The number of Topliss-reactive ketones (excluding diaryl/α,β-unsaturated/α-hetero) is 1. The Balaban J connectivity index is 1.57. The summed E-state index contributed by atoms with van der Waals surface area (Å²) in [5, 5.41) is 29.4. The highest BCUT2D eigenvalue weighted by atomic mass is 16.7. The number of cyclic esters (lactones) is 1. The maximum absolute atomic E-state index is 14.6. The van der Waals surface area contributed by atoms with Crippen LogP contribution in [0.1, 0.15) is 93.1 Å². The zero-order valence-electron chi connectivity index (χ0n) is 35.3. The molecule has 5 rings (SSSR count). The van der Waals surface area contributed by atoms with E-state index in [2.05, 4.69) is 12.1 Å². The highest BCUT2D eigenvalue weighted by Crippen LogP contribution is 2.44. The lowest BCUT2D eigenvalue weighted by atomic mass is 9.73. The molecular weight excluding hydrogens is 720 g/mol. The van der Waals surface area contributed by atoms with Gasteiger partial charge in [-0.3, -0.25) is 9.59 Å². The Labute approximate surface area is 332 Å². The monoisotopic (exact) mass is 786 g/mol. The minimum atomic E-state index is -1.36. The molecule has 2 bridgehead atoms. The average molecular weight is 787 g/mol. The third-order valence-electron chi connectivity index (χ3n) is 12.9. The lowest BCUT2D eigenvalue weighted by molar-refractivity contribution is -0.494. The van der Waals surface area contributed by atoms with Gasteiger partial charge in [-0.1, -0.05) is 58.0 Å². The number of hydrazine groups is 1. The van der Waals surface area contributed by atoms with Crippen molar-refractivity contribution >= 4 is 23.6 Å². The molecule has 0 aromatic heterocycles. The number of benzene rings is 1. The first-order valence-corrected chi connectivity index (χ1v) is 20.5. The molecule has 4 aliphatic rings. The lowest BCUT2D eigenvalue weighted by Gasteiger charge is -2.47. The molecule has 0 saturated carbocycles. The number of aryl methyl sites for hydroxylation is 1. The molecule has 14 heteroatoms. The van der Waals surface area contributed by atoms with Crippen molar-refractivity contribution < 1.29 is 47.9 Å². The van der Waals surface area contributed by atoms with Gasteiger partial charge in [0.15, 0.2) is 23.4 Å². The van der Waals surface area contributed by atoms with Gasteiger partial charge in [0.25, 0.3) is 0 Å². The van der Waals surface area contributed by atoms with E-state index in [4.69, 9.17) is 23.7 Å². The first kappa shape index (κ1) is 44.0. The Morgan fingerprint density at radius 2 is 1.71 bits per heavy atom. The second kappa shape index (κ2) is 17.8. The van der Waals surface area contributed by atoms with Gasteiger partial charge in [0, 0.05) is 31.5 Å². The topological polar surface area (TPSA) is 153 Å². The molecule has 0 unspecified atom stereocenters. The number of methoxy groups -OCH3 is 1. The summed E-state index contributed by atoms with van der Waals surface area (Å²) in [4.78, 5) is 44.4. The van der Waals surface area contributed by atoms with Gasteiger partial charge in [-0.05, 0) is 85.9 Å². The number of likely N-dealkylation sites (N-methyl/N-ethyl adjacent to an activating group) is 1. The van der Waals surface area contributed by atoms with E-state index < -0.39 is 83.4 Å². The summed E-state index contributed by atoms with van der Waals surface area (Å²) >= 11 is 0. The van der Waals surface area contributed by atoms with E-state index in [-0.39, 0.29) is 25.2 Å². The van der Waals surface area contributed by atoms with Gasteiger partial charge in [0.05, 0.1) is 23.7 Å². The van der Waals surface area contributed by atoms with Crippen LogP contribution in [0.3, 0.4) is 0 Å². The summed E-state index contributed by atoms with van der Waals surface area (Å²) < 4.78 is 32.6. The Morgan fingerprint density at radius 1 is 1.04 bits per heavy atom. The number of rotatable bonds is 10. The van der Waals surface area contributed by atoms with Crippen LogP contribution in [0.5, 0.6) is 0 Å². The molecule has 13 atom stereocenters. The van der Waals surface area contributed by atoms with Crippen LogP contribution < -0.4 is 0 Å². The number of unbranched alkanes of at least 4 members (excludes halogenated alkanes) is 1. The molecule has 1 aromatic rings. The number of esters is 1. The number of carbonyl (C=O) groups excluding carboxylic acids is 3. The molecule has 0 spiro atoms. The number of aliphatic hydroxyl groups excluding tert-OH is 1. The Kier molecular flexibility index (Phi) is 14.0. The van der Waals surface area contributed by atoms with Crippen LogP contribution >= 0.6 is 0 Å². The normalized spacial score (nSPS) is 39.0. The van der Waals surface area contributed by atoms with Gasteiger partial charge in [0.1, 0.15) is 24.2 Å². The van der Waals surface area contributed by atoms with Crippen molar-refractivity contribution in [2.24, 2.45) is 23.7 Å². The summed E-state index contributed by atoms with van der Waals surface area (Å²) in [7, 11) is 5.30. The summed E-state index contributed by atoms with van der Waals surface area (Å²) in [6, 6.07) is 9.19. The number of hydrogen-bond acceptors (Lipinski definition) is 12. The van der Waals surface area contributed by atoms with E-state index in [1.54, 1.807) is 23.9 Å². The van der Waals surface area contributed by atoms with Gasteiger partial charge >= 0.3 is 12.1 Å². The van der Waals surface area contributed by atoms with Crippen LogP contribution in [-0.2, 0) is 39.7 Å². The number of amides is 1. The van der Waals surface area contributed by atoms with Crippen LogP contribution in [0.2, 0.25) is 0 Å². The zero-order valence-corrected chi connectivity index (χ0v) is 35.3. The second-order valence-electron chi connectivity index (χ2n) is 17.2. The fourth-order valence-electron chi connectivity index (χ4n) is 9.86. The first-order chi connectivity index (χ1) is 26.4. The number of fused-ring (bicyclic) bond motifs is 1. The predicted molar refractivity (Wildman–Crippen MR) is 209 cm³/mol. The molecule has 4 aliphatic heterocycles. The maximum Gasteiger partial charge on any atom is 0.425 e. The number of aliphatic hydroxyl groups is 1. The summed E-state index contributed by atoms with van der Waals surface area (Å²) in [5.41, 5.74) is -0.848. The molecule has 0 aliphatic carbocycles. The fourth-order valence-corrected chi connectivity index (χ4v) is 9.86. The van der Waals surface area contributed by atoms with E-state index >= 15 is 0 Å². The molecule has 4 heterocycles. The smallest absolute Gasteiger partial charge is 0.425 e. The largest absolute Gasteiger partial charge is 0.623 e. The molecule has 0 radical (unpaired) electrons. The van der Waals surface area contributed by atoms with E-state index in [0.717, 1.165) is 17.6 Å². The van der Waals surface area contributed by atoms with Gasteiger partial charge < -0.3 is 38.9 Å². The van der Waals surface area contributed by atoms with Crippen molar-refractivity contribution in [3.05, 3.63) is 41.1 Å². The van der Waals surface area contributed by atoms with E-state index in [0.29, 0.717) is 31.5 Å². The number of ether oxygens (including phenoxy) is 5. The van der Waals surface area contributed by atoms with E-state index in [1.807, 2.05) is 71.8 Å². The van der Waals surface area contributed by atoms with Crippen molar-refractivity contribution in [1.82, 2.24) is 14.9 Å². The quantitative estimate of drug-likeness (QED) is 0.114. The molecule has 3 fully saturated rings. The van der Waals surface area contributed by atoms with Crippen molar-refractivity contribution in [3.63, 3.8) is 0 Å². The Hall–Kier alpha value is -3.14. The van der Waals surface area contributed by atoms with Crippen LogP contribution in [0.25, 0.3) is 0 Å². The van der Waals surface area contributed by atoms with Crippen molar-refractivity contribution in [3.8, 4) is 0 Å². The molecule has 1 N–H and O–H groups in total. The first-order valence-electron chi connectivity index (χ1n) is 20.5. The average Bonchev–Trinajstić information content (AvgIpc) is 3.36. The van der Waals surface area contributed by atoms with Crippen molar-refractivity contribution in [1.29, 1.82) is 0 Å². The molecule has 1 amide bonds. The number of ketones is 1. The molecule has 3 saturated heterocycles. The van der Waals surface area contributed by atoms with Crippen molar-refractivity contribution in [2.45, 2.75) is 148 Å². The van der Waals surface area contributed by atoms with Crippen LogP contribution in [-0.4, -0.2) is 137 Å². The minimum Gasteiger partial charge on any atom is -0.623 e. The fraction of sp³-hybridized carbons (Fsp3) is 0.762. The third-order valence-corrected chi connectivity index (χ3v) is 12.9. The van der Waals surface area contributed by atoms with Gasteiger partial charge in [-0.15, -0.1) is 0 Å². The van der Waals surface area contributed by atoms with Gasteiger partial charge in [-0.25, -0.2) is 9.80 Å². The number of nitrogens with zero attached hydrogens (tertiary/aromatic N) is 4. The Bertz CT molecular complexity index is 1580. The highest BCUT2D eigenvalue weighted by molar-refractivity contribution is 6.00.